The Hall–Kier alpha value is -3.46. The van der Waals surface area contributed by atoms with Gasteiger partial charge in [-0.2, -0.15) is 8.42 Å². The van der Waals surface area contributed by atoms with Crippen LogP contribution in [0.2, 0.25) is 0 Å². The fourth-order valence-electron chi connectivity index (χ4n) is 2.39. The number of thiophene rings is 1. The molecule has 0 unspecified atom stereocenters. The molecular formula is C15H16N6O7S2. The van der Waals surface area contributed by atoms with Crippen molar-refractivity contribution in [3.8, 4) is 0 Å². The monoisotopic (exact) mass is 456 g/mol. The van der Waals surface area contributed by atoms with Crippen molar-refractivity contribution in [3.63, 3.8) is 0 Å². The summed E-state index contributed by atoms with van der Waals surface area (Å²) in [5.74, 6) is -1.23. The van der Waals surface area contributed by atoms with E-state index in [0.29, 0.717) is 15.5 Å². The van der Waals surface area contributed by atoms with Crippen molar-refractivity contribution in [3.05, 3.63) is 34.2 Å². The van der Waals surface area contributed by atoms with Crippen LogP contribution < -0.4 is 14.8 Å². The molecule has 0 spiro atoms. The van der Waals surface area contributed by atoms with Crippen molar-refractivity contribution in [1.29, 1.82) is 0 Å². The minimum Gasteiger partial charge on any atom is -0.398 e. The number of carbonyl (C=O) groups is 3. The van der Waals surface area contributed by atoms with Gasteiger partial charge in [0.1, 0.15) is 18.9 Å². The third kappa shape index (κ3) is 4.74. The van der Waals surface area contributed by atoms with Crippen LogP contribution in [0.15, 0.2) is 33.3 Å². The molecule has 0 saturated carbocycles. The second kappa shape index (κ2) is 8.50. The molecule has 13 nitrogen and oxygen atoms in total. The average Bonchev–Trinajstić information content (AvgIpc) is 3.33. The lowest BCUT2D eigenvalue weighted by Gasteiger charge is -2.36. The standard InChI is InChI=1S/C15H16N6O7S2/c1-8-6-11(17-28-8)19-30(25,26)20-15(24)21-7-9(14(21)23)16-13(22)12(18-27-2)10-4-3-5-29-10/h3-6,9H,7H2,1-2H3,(H,16,22)(H,17,19)(H,20,24)/t9-/m0/s1. The highest BCUT2D eigenvalue weighted by Crippen LogP contribution is 2.15. The molecule has 0 bridgehead atoms. The molecule has 30 heavy (non-hydrogen) atoms. The maximum absolute atomic E-state index is 12.4. The largest absolute Gasteiger partial charge is 0.398 e. The van der Waals surface area contributed by atoms with Crippen LogP contribution in [-0.4, -0.2) is 61.7 Å². The van der Waals surface area contributed by atoms with E-state index in [9.17, 15) is 22.8 Å². The Kier molecular flexibility index (Phi) is 6.02. The van der Waals surface area contributed by atoms with Crippen LogP contribution in [0, 0.1) is 6.92 Å². The van der Waals surface area contributed by atoms with Crippen molar-refractivity contribution >= 4 is 50.9 Å². The van der Waals surface area contributed by atoms with Crippen molar-refractivity contribution in [1.82, 2.24) is 20.1 Å². The summed E-state index contributed by atoms with van der Waals surface area (Å²) in [5.41, 5.74) is -0.0297. The van der Waals surface area contributed by atoms with Gasteiger partial charge in [-0.3, -0.25) is 14.5 Å². The topological polar surface area (TPSA) is 172 Å². The zero-order valence-electron chi connectivity index (χ0n) is 15.6. The van der Waals surface area contributed by atoms with E-state index >= 15 is 0 Å². The predicted molar refractivity (Wildman–Crippen MR) is 104 cm³/mol. The molecule has 3 rings (SSSR count). The second-order valence-corrected chi connectivity index (χ2v) is 8.27. The van der Waals surface area contributed by atoms with E-state index in [4.69, 9.17) is 4.52 Å². The van der Waals surface area contributed by atoms with Crippen LogP contribution in [-0.2, 0) is 24.6 Å². The third-order valence-corrected chi connectivity index (χ3v) is 5.52. The molecule has 4 amide bonds. The number of aryl methyl sites for hydroxylation is 1. The Morgan fingerprint density at radius 2 is 2.20 bits per heavy atom. The molecule has 0 aliphatic carbocycles. The first-order chi connectivity index (χ1) is 14.2. The summed E-state index contributed by atoms with van der Waals surface area (Å²) >= 11 is 1.25. The van der Waals surface area contributed by atoms with E-state index < -0.39 is 34.1 Å². The summed E-state index contributed by atoms with van der Waals surface area (Å²) in [6.07, 6.45) is 0. The summed E-state index contributed by atoms with van der Waals surface area (Å²) in [6, 6.07) is 2.48. The predicted octanol–water partition coefficient (Wildman–Crippen LogP) is -0.211. The second-order valence-electron chi connectivity index (χ2n) is 5.91. The first-order valence-electron chi connectivity index (χ1n) is 8.25. The van der Waals surface area contributed by atoms with Gasteiger partial charge in [-0.05, 0) is 18.4 Å². The summed E-state index contributed by atoms with van der Waals surface area (Å²) in [6.45, 7) is 1.33. The Labute approximate surface area is 174 Å². The van der Waals surface area contributed by atoms with E-state index in [1.54, 1.807) is 29.2 Å². The lowest BCUT2D eigenvalue weighted by Crippen LogP contribution is -2.68. The number of rotatable bonds is 7. The molecule has 1 aliphatic heterocycles. The van der Waals surface area contributed by atoms with Crippen LogP contribution >= 0.6 is 11.3 Å². The summed E-state index contributed by atoms with van der Waals surface area (Å²) in [5, 5.41) is 11.3. The normalized spacial score (nSPS) is 16.6. The number of carbonyl (C=O) groups excluding carboxylic acids is 3. The number of anilines is 1. The van der Waals surface area contributed by atoms with Crippen LogP contribution in [0.1, 0.15) is 10.6 Å². The number of aromatic nitrogens is 1. The Morgan fingerprint density at radius 3 is 2.77 bits per heavy atom. The molecule has 0 radical (unpaired) electrons. The minimum atomic E-state index is -4.34. The van der Waals surface area contributed by atoms with E-state index in [2.05, 4.69) is 20.5 Å². The van der Waals surface area contributed by atoms with Crippen molar-refractivity contribution in [2.24, 2.45) is 5.16 Å². The zero-order valence-corrected chi connectivity index (χ0v) is 17.2. The number of amides is 4. The highest BCUT2D eigenvalue weighted by molar-refractivity contribution is 7.91. The number of hydrogen-bond donors (Lipinski definition) is 3. The number of β-lactam (4-membered cyclic amide) rings is 1. The number of hydrogen-bond acceptors (Lipinski definition) is 10. The van der Waals surface area contributed by atoms with Gasteiger partial charge >= 0.3 is 16.2 Å². The van der Waals surface area contributed by atoms with Crippen molar-refractivity contribution in [2.45, 2.75) is 13.0 Å². The molecule has 160 valence electrons. The molecule has 3 N–H and O–H groups in total. The summed E-state index contributed by atoms with van der Waals surface area (Å²) < 4.78 is 32.3. The molecule has 0 aromatic carbocycles. The van der Waals surface area contributed by atoms with Gasteiger partial charge in [-0.15, -0.1) is 11.3 Å². The number of imide groups is 1. The van der Waals surface area contributed by atoms with Gasteiger partial charge < -0.3 is 14.7 Å². The summed E-state index contributed by atoms with van der Waals surface area (Å²) in [7, 11) is -3.07. The SMILES string of the molecule is CON=C(C(=O)N[C@H]1CN(C(=O)NS(=O)(=O)Nc2cc(C)on2)C1=O)c1cccs1. The van der Waals surface area contributed by atoms with Crippen LogP contribution in [0.3, 0.4) is 0 Å². The van der Waals surface area contributed by atoms with Gasteiger partial charge in [-0.1, -0.05) is 16.4 Å². The van der Waals surface area contributed by atoms with Gasteiger partial charge in [0.15, 0.2) is 11.5 Å². The molecular weight excluding hydrogens is 440 g/mol. The van der Waals surface area contributed by atoms with Crippen molar-refractivity contribution in [2.75, 3.05) is 18.4 Å². The molecule has 1 aliphatic rings. The third-order valence-electron chi connectivity index (χ3n) is 3.72. The van der Waals surface area contributed by atoms with Gasteiger partial charge in [0.25, 0.3) is 11.8 Å². The number of nitrogens with one attached hydrogen (secondary N) is 3. The Morgan fingerprint density at radius 1 is 1.43 bits per heavy atom. The molecule has 1 atom stereocenters. The fourth-order valence-corrected chi connectivity index (χ4v) is 3.86. The van der Waals surface area contributed by atoms with Crippen LogP contribution in [0.4, 0.5) is 10.6 Å². The van der Waals surface area contributed by atoms with Crippen LogP contribution in [0.5, 0.6) is 0 Å². The van der Waals surface area contributed by atoms with Gasteiger partial charge in [-0.25, -0.2) is 14.2 Å². The van der Waals surface area contributed by atoms with Gasteiger partial charge in [0, 0.05) is 6.07 Å². The highest BCUT2D eigenvalue weighted by atomic mass is 32.2. The van der Waals surface area contributed by atoms with E-state index in [1.807, 2.05) is 4.72 Å². The molecule has 3 heterocycles. The summed E-state index contributed by atoms with van der Waals surface area (Å²) in [4.78, 5) is 42.5. The quantitative estimate of drug-likeness (QED) is 0.292. The number of likely N-dealkylation sites (tertiary alicyclic amines) is 1. The smallest absolute Gasteiger partial charge is 0.339 e. The highest BCUT2D eigenvalue weighted by Gasteiger charge is 2.43. The zero-order chi connectivity index (χ0) is 21.9. The molecule has 1 fully saturated rings. The van der Waals surface area contributed by atoms with Crippen molar-refractivity contribution < 1.29 is 32.2 Å². The number of nitrogens with zero attached hydrogens (tertiary/aromatic N) is 3. The van der Waals surface area contributed by atoms with Gasteiger partial charge in [0.2, 0.25) is 0 Å². The van der Waals surface area contributed by atoms with Crippen LogP contribution in [0.25, 0.3) is 0 Å². The lowest BCUT2D eigenvalue weighted by molar-refractivity contribution is -0.141. The Balaban J connectivity index is 1.56. The number of oxime groups is 1. The minimum absolute atomic E-state index is 0.0297. The van der Waals surface area contributed by atoms with Gasteiger partial charge in [0.05, 0.1) is 11.4 Å². The number of urea groups is 1. The molecule has 2 aromatic rings. The average molecular weight is 456 g/mol. The first-order valence-corrected chi connectivity index (χ1v) is 10.6. The maximum Gasteiger partial charge on any atom is 0.339 e. The lowest BCUT2D eigenvalue weighted by atomic mass is 10.1. The molecule has 2 aromatic heterocycles. The first kappa shape index (κ1) is 21.3. The van der Waals surface area contributed by atoms with E-state index in [0.717, 1.165) is 0 Å². The van der Waals surface area contributed by atoms with E-state index in [-0.39, 0.29) is 18.1 Å². The Bertz CT molecular complexity index is 1090. The van der Waals surface area contributed by atoms with E-state index in [1.165, 1.54) is 24.5 Å². The molecule has 1 saturated heterocycles. The fraction of sp³-hybridized carbons (Fsp3) is 0.267. The maximum atomic E-state index is 12.4. The molecule has 15 heteroatoms.